The van der Waals surface area contributed by atoms with Crippen molar-refractivity contribution in [2.75, 3.05) is 19.4 Å². The van der Waals surface area contributed by atoms with Gasteiger partial charge in [-0.2, -0.15) is 0 Å². The van der Waals surface area contributed by atoms with Gasteiger partial charge in [-0.05, 0) is 49.2 Å². The van der Waals surface area contributed by atoms with Crippen molar-refractivity contribution in [3.8, 4) is 11.4 Å². The first-order chi connectivity index (χ1) is 13.9. The molecule has 2 aromatic carbocycles. The first-order valence-corrected chi connectivity index (χ1v) is 10.6. The number of fused-ring (bicyclic) bond motifs is 1. The van der Waals surface area contributed by atoms with Gasteiger partial charge >= 0.3 is 0 Å². The highest BCUT2D eigenvalue weighted by molar-refractivity contribution is 7.99. The minimum Gasteiger partial charge on any atom is -0.495 e. The van der Waals surface area contributed by atoms with E-state index < -0.39 is 0 Å². The van der Waals surface area contributed by atoms with Crippen molar-refractivity contribution in [3.05, 3.63) is 57.3 Å². The molecule has 1 amide bonds. The Morgan fingerprint density at radius 3 is 2.79 bits per heavy atom. The van der Waals surface area contributed by atoms with Gasteiger partial charge < -0.3 is 10.1 Å². The van der Waals surface area contributed by atoms with Crippen molar-refractivity contribution in [2.45, 2.75) is 25.4 Å². The minimum absolute atomic E-state index is 0.111. The molecule has 0 aliphatic rings. The van der Waals surface area contributed by atoms with Gasteiger partial charge in [-0.3, -0.25) is 14.2 Å². The van der Waals surface area contributed by atoms with Crippen LogP contribution in [0.3, 0.4) is 0 Å². The molecule has 0 aliphatic heterocycles. The van der Waals surface area contributed by atoms with E-state index in [0.717, 1.165) is 12.0 Å². The molecule has 0 bridgehead atoms. The van der Waals surface area contributed by atoms with Gasteiger partial charge in [0.1, 0.15) is 5.75 Å². The quantitative estimate of drug-likeness (QED) is 0.452. The summed E-state index contributed by atoms with van der Waals surface area (Å²) in [5.74, 6) is 0.581. The van der Waals surface area contributed by atoms with E-state index in [0.29, 0.717) is 39.1 Å². The van der Waals surface area contributed by atoms with Crippen LogP contribution >= 0.6 is 23.4 Å². The lowest BCUT2D eigenvalue weighted by atomic mass is 10.2. The fourth-order valence-electron chi connectivity index (χ4n) is 2.87. The zero-order valence-electron chi connectivity index (χ0n) is 16.5. The van der Waals surface area contributed by atoms with Gasteiger partial charge in [0, 0.05) is 11.6 Å². The molecular formula is C21H22ClN3O3S. The zero-order valence-corrected chi connectivity index (χ0v) is 18.1. The number of ether oxygens (including phenoxy) is 1. The highest BCUT2D eigenvalue weighted by Gasteiger charge is 2.18. The van der Waals surface area contributed by atoms with E-state index in [1.165, 1.54) is 16.3 Å². The number of rotatable bonds is 7. The Morgan fingerprint density at radius 2 is 2.07 bits per heavy atom. The lowest BCUT2D eigenvalue weighted by Gasteiger charge is -2.16. The first-order valence-electron chi connectivity index (χ1n) is 9.21. The third-order valence-electron chi connectivity index (χ3n) is 4.28. The number of nitrogens with zero attached hydrogens (tertiary/aromatic N) is 2. The van der Waals surface area contributed by atoms with Gasteiger partial charge in [-0.1, -0.05) is 36.4 Å². The van der Waals surface area contributed by atoms with Crippen LogP contribution in [0, 0.1) is 6.92 Å². The van der Waals surface area contributed by atoms with Crippen LogP contribution in [0.2, 0.25) is 5.02 Å². The van der Waals surface area contributed by atoms with Crippen LogP contribution in [-0.2, 0) is 4.79 Å². The lowest BCUT2D eigenvalue weighted by molar-refractivity contribution is -0.118. The molecule has 152 valence electrons. The number of carbonyl (C=O) groups is 1. The van der Waals surface area contributed by atoms with E-state index in [1.807, 2.05) is 32.0 Å². The van der Waals surface area contributed by atoms with Crippen LogP contribution < -0.4 is 15.6 Å². The average Bonchev–Trinajstić information content (AvgIpc) is 2.70. The number of amides is 1. The van der Waals surface area contributed by atoms with Gasteiger partial charge in [0.2, 0.25) is 5.91 Å². The second-order valence-electron chi connectivity index (χ2n) is 6.51. The van der Waals surface area contributed by atoms with Crippen LogP contribution in [0.15, 0.2) is 46.3 Å². The normalized spacial score (nSPS) is 10.9. The third-order valence-corrected chi connectivity index (χ3v) is 5.45. The number of hydrogen-bond acceptors (Lipinski definition) is 5. The molecule has 8 heteroatoms. The predicted molar refractivity (Wildman–Crippen MR) is 118 cm³/mol. The van der Waals surface area contributed by atoms with E-state index in [-0.39, 0.29) is 17.2 Å². The van der Waals surface area contributed by atoms with Crippen molar-refractivity contribution < 1.29 is 9.53 Å². The van der Waals surface area contributed by atoms with E-state index in [9.17, 15) is 9.59 Å². The number of aromatic nitrogens is 2. The number of carbonyl (C=O) groups excluding carboxylic acids is 1. The van der Waals surface area contributed by atoms with Crippen LogP contribution in [0.4, 0.5) is 0 Å². The van der Waals surface area contributed by atoms with Crippen LogP contribution in [0.1, 0.15) is 18.9 Å². The number of hydrogen-bond donors (Lipinski definition) is 1. The van der Waals surface area contributed by atoms with Crippen LogP contribution in [0.25, 0.3) is 16.6 Å². The Balaban J connectivity index is 2.17. The Bertz CT molecular complexity index is 1110. The second-order valence-corrected chi connectivity index (χ2v) is 7.89. The molecule has 0 saturated carbocycles. The summed E-state index contributed by atoms with van der Waals surface area (Å²) in [5.41, 5.74) is 1.80. The van der Waals surface area contributed by atoms with E-state index in [2.05, 4.69) is 10.3 Å². The molecule has 0 saturated heterocycles. The first kappa shape index (κ1) is 21.2. The summed E-state index contributed by atoms with van der Waals surface area (Å²) in [6, 6.07) is 10.6. The number of methoxy groups -OCH3 is 1. The molecule has 0 unspecified atom stereocenters. The molecular weight excluding hydrogens is 410 g/mol. The van der Waals surface area contributed by atoms with E-state index >= 15 is 0 Å². The molecule has 1 aromatic heterocycles. The SMILES string of the molecule is CCCNC(=O)CSc1nc2cc(Cl)ccc2c(=O)n1-c1cc(C)ccc1OC. The van der Waals surface area contributed by atoms with E-state index in [4.69, 9.17) is 16.3 Å². The maximum atomic E-state index is 13.4. The smallest absolute Gasteiger partial charge is 0.266 e. The monoisotopic (exact) mass is 431 g/mol. The number of thioether (sulfide) groups is 1. The highest BCUT2D eigenvalue weighted by atomic mass is 35.5. The van der Waals surface area contributed by atoms with Gasteiger partial charge in [0.05, 0.1) is 29.5 Å². The summed E-state index contributed by atoms with van der Waals surface area (Å²) in [5, 5.41) is 4.17. The van der Waals surface area contributed by atoms with Gasteiger partial charge in [0.15, 0.2) is 5.16 Å². The summed E-state index contributed by atoms with van der Waals surface area (Å²) in [7, 11) is 1.55. The standard InChI is InChI=1S/C21H22ClN3O3S/c1-4-9-23-19(26)12-29-21-24-16-11-14(22)6-7-15(16)20(27)25(21)17-10-13(2)5-8-18(17)28-3/h5-8,10-11H,4,9,12H2,1-3H3,(H,23,26). The molecule has 3 rings (SSSR count). The third kappa shape index (κ3) is 4.74. The Hall–Kier alpha value is -2.51. The largest absolute Gasteiger partial charge is 0.495 e. The van der Waals surface area contributed by atoms with Crippen molar-refractivity contribution >= 4 is 40.2 Å². The van der Waals surface area contributed by atoms with Crippen molar-refractivity contribution in [2.24, 2.45) is 0 Å². The molecule has 0 fully saturated rings. The summed E-state index contributed by atoms with van der Waals surface area (Å²) in [6.45, 7) is 4.54. The maximum absolute atomic E-state index is 13.4. The topological polar surface area (TPSA) is 73.2 Å². The number of nitrogens with one attached hydrogen (secondary N) is 1. The molecule has 1 heterocycles. The second kappa shape index (κ2) is 9.33. The van der Waals surface area contributed by atoms with Gasteiger partial charge in [-0.15, -0.1) is 0 Å². The van der Waals surface area contributed by atoms with Crippen LogP contribution in [-0.4, -0.2) is 34.9 Å². The van der Waals surface area contributed by atoms with Crippen molar-refractivity contribution in [1.82, 2.24) is 14.9 Å². The number of halogens is 1. The Morgan fingerprint density at radius 1 is 1.28 bits per heavy atom. The van der Waals surface area contributed by atoms with Gasteiger partial charge in [-0.25, -0.2) is 4.98 Å². The molecule has 6 nitrogen and oxygen atoms in total. The number of aryl methyl sites for hydroxylation is 1. The van der Waals surface area contributed by atoms with Crippen molar-refractivity contribution in [3.63, 3.8) is 0 Å². The molecule has 1 N–H and O–H groups in total. The highest BCUT2D eigenvalue weighted by Crippen LogP contribution is 2.28. The van der Waals surface area contributed by atoms with Crippen molar-refractivity contribution in [1.29, 1.82) is 0 Å². The fourth-order valence-corrected chi connectivity index (χ4v) is 3.87. The van der Waals surface area contributed by atoms with Gasteiger partial charge in [0.25, 0.3) is 5.56 Å². The number of benzene rings is 2. The average molecular weight is 432 g/mol. The maximum Gasteiger partial charge on any atom is 0.266 e. The van der Waals surface area contributed by atoms with E-state index in [1.54, 1.807) is 25.3 Å². The zero-order chi connectivity index (χ0) is 21.0. The summed E-state index contributed by atoms with van der Waals surface area (Å²) >= 11 is 7.30. The minimum atomic E-state index is -0.243. The molecule has 29 heavy (non-hydrogen) atoms. The molecule has 0 aliphatic carbocycles. The molecule has 0 spiro atoms. The van der Waals surface area contributed by atoms with Crippen LogP contribution in [0.5, 0.6) is 5.75 Å². The lowest BCUT2D eigenvalue weighted by Crippen LogP contribution is -2.27. The summed E-state index contributed by atoms with van der Waals surface area (Å²) in [4.78, 5) is 30.1. The Kier molecular flexibility index (Phi) is 6.82. The molecule has 3 aromatic rings. The molecule has 0 radical (unpaired) electrons. The predicted octanol–water partition coefficient (Wildman–Crippen LogP) is 3.97. The summed E-state index contributed by atoms with van der Waals surface area (Å²) < 4.78 is 6.98. The Labute approximate surface area is 178 Å². The molecule has 0 atom stereocenters. The fraction of sp³-hybridized carbons (Fsp3) is 0.286. The summed E-state index contributed by atoms with van der Waals surface area (Å²) in [6.07, 6.45) is 0.855.